The van der Waals surface area contributed by atoms with E-state index in [1.807, 2.05) is 6.08 Å². The van der Waals surface area contributed by atoms with Gasteiger partial charge >= 0.3 is 0 Å². The van der Waals surface area contributed by atoms with Crippen molar-refractivity contribution in [2.45, 2.75) is 41.5 Å². The topological polar surface area (TPSA) is 3.24 Å². The molecule has 0 aliphatic rings. The summed E-state index contributed by atoms with van der Waals surface area (Å²) in [7, 11) is 2.15. The van der Waals surface area contributed by atoms with Gasteiger partial charge in [0.25, 0.3) is 0 Å². The largest absolute Gasteiger partial charge is 0.378 e. The van der Waals surface area contributed by atoms with Crippen LogP contribution in [0.15, 0.2) is 35.6 Å². The van der Waals surface area contributed by atoms with Crippen molar-refractivity contribution in [2.75, 3.05) is 13.6 Å². The van der Waals surface area contributed by atoms with E-state index < -0.39 is 0 Å². The third-order valence-corrected chi connectivity index (χ3v) is 2.71. The third kappa shape index (κ3) is 4.26. The molecule has 0 aromatic heterocycles. The molecular formula is C15H27N. The minimum absolute atomic E-state index is 0.173. The summed E-state index contributed by atoms with van der Waals surface area (Å²) in [5, 5.41) is 0. The van der Waals surface area contributed by atoms with E-state index >= 15 is 0 Å². The van der Waals surface area contributed by atoms with Crippen LogP contribution in [0.1, 0.15) is 41.5 Å². The van der Waals surface area contributed by atoms with Crippen molar-refractivity contribution in [2.24, 2.45) is 5.41 Å². The van der Waals surface area contributed by atoms with E-state index in [0.29, 0.717) is 0 Å². The Balaban J connectivity index is 5.47. The lowest BCUT2D eigenvalue weighted by Gasteiger charge is -2.33. The lowest BCUT2D eigenvalue weighted by atomic mass is 9.87. The normalized spacial score (nSPS) is 14.6. The first-order valence-corrected chi connectivity index (χ1v) is 5.97. The summed E-state index contributed by atoms with van der Waals surface area (Å²) in [6.07, 6.45) is 4.11. The molecule has 0 aliphatic carbocycles. The molecule has 0 aromatic carbocycles. The van der Waals surface area contributed by atoms with Gasteiger partial charge in [0.1, 0.15) is 0 Å². The predicted molar refractivity (Wildman–Crippen MR) is 74.4 cm³/mol. The van der Waals surface area contributed by atoms with Crippen LogP contribution in [0.3, 0.4) is 0 Å². The van der Waals surface area contributed by atoms with Gasteiger partial charge in [0.2, 0.25) is 0 Å². The quantitative estimate of drug-likeness (QED) is 0.636. The summed E-state index contributed by atoms with van der Waals surface area (Å²) in [5.74, 6) is 0. The molecule has 92 valence electrons. The average molecular weight is 221 g/mol. The SMILES string of the molecule is C=C/C(C)=C/C(C)=C(/N(C)CC)C(C)(C)C. The number of nitrogens with zero attached hydrogens (tertiary/aromatic N) is 1. The van der Waals surface area contributed by atoms with Crippen LogP contribution in [0.5, 0.6) is 0 Å². The van der Waals surface area contributed by atoms with E-state index in [2.05, 4.69) is 66.1 Å². The Kier molecular flexibility index (Phi) is 5.57. The van der Waals surface area contributed by atoms with E-state index in [0.717, 1.165) is 6.54 Å². The van der Waals surface area contributed by atoms with E-state index in [9.17, 15) is 0 Å². The standard InChI is InChI=1S/C15H27N/c1-9-12(3)11-13(4)14(15(5,6)7)16(8)10-2/h9,11H,1,10H2,2-8H3/b12-11+,14-13+. The summed E-state index contributed by atoms with van der Waals surface area (Å²) < 4.78 is 0. The highest BCUT2D eigenvalue weighted by atomic mass is 15.1. The second kappa shape index (κ2) is 5.93. The Morgan fingerprint density at radius 1 is 1.25 bits per heavy atom. The lowest BCUT2D eigenvalue weighted by Crippen LogP contribution is -2.28. The zero-order valence-electron chi connectivity index (χ0n) is 12.0. The minimum Gasteiger partial charge on any atom is -0.378 e. The van der Waals surface area contributed by atoms with Crippen molar-refractivity contribution in [1.82, 2.24) is 4.90 Å². The average Bonchev–Trinajstić information content (AvgIpc) is 2.15. The van der Waals surface area contributed by atoms with Crippen LogP contribution in [0.2, 0.25) is 0 Å². The molecule has 0 saturated carbocycles. The smallest absolute Gasteiger partial charge is 0.0214 e. The fraction of sp³-hybridized carbons (Fsp3) is 0.600. The van der Waals surface area contributed by atoms with Crippen molar-refractivity contribution in [1.29, 1.82) is 0 Å². The van der Waals surface area contributed by atoms with E-state index in [1.165, 1.54) is 16.8 Å². The van der Waals surface area contributed by atoms with Crippen LogP contribution < -0.4 is 0 Å². The molecule has 0 fully saturated rings. The molecule has 1 nitrogen and oxygen atoms in total. The van der Waals surface area contributed by atoms with Crippen molar-refractivity contribution < 1.29 is 0 Å². The first kappa shape index (κ1) is 15.0. The maximum atomic E-state index is 3.80. The van der Waals surface area contributed by atoms with E-state index in [4.69, 9.17) is 0 Å². The highest BCUT2D eigenvalue weighted by molar-refractivity contribution is 5.32. The fourth-order valence-corrected chi connectivity index (χ4v) is 2.09. The molecule has 0 spiro atoms. The molecule has 0 radical (unpaired) electrons. The summed E-state index contributed by atoms with van der Waals surface area (Å²) in [4.78, 5) is 2.32. The summed E-state index contributed by atoms with van der Waals surface area (Å²) >= 11 is 0. The molecule has 0 bridgehead atoms. The first-order chi connectivity index (χ1) is 7.23. The Hall–Kier alpha value is -0.980. The van der Waals surface area contributed by atoms with Crippen LogP contribution in [0.25, 0.3) is 0 Å². The Labute approximate surface area is 102 Å². The van der Waals surface area contributed by atoms with Gasteiger partial charge in [-0.25, -0.2) is 0 Å². The van der Waals surface area contributed by atoms with Crippen LogP contribution in [-0.2, 0) is 0 Å². The minimum atomic E-state index is 0.173. The Morgan fingerprint density at radius 3 is 2.06 bits per heavy atom. The van der Waals surface area contributed by atoms with Crippen molar-refractivity contribution in [3.63, 3.8) is 0 Å². The van der Waals surface area contributed by atoms with Gasteiger partial charge < -0.3 is 4.90 Å². The summed E-state index contributed by atoms with van der Waals surface area (Å²) in [6.45, 7) is 18.1. The first-order valence-electron chi connectivity index (χ1n) is 5.97. The van der Waals surface area contributed by atoms with Gasteiger partial charge in [-0.05, 0) is 26.3 Å². The van der Waals surface area contributed by atoms with Gasteiger partial charge in [-0.2, -0.15) is 0 Å². The molecule has 0 heterocycles. The van der Waals surface area contributed by atoms with Gasteiger partial charge in [0, 0.05) is 24.7 Å². The molecule has 0 aliphatic heterocycles. The van der Waals surface area contributed by atoms with Crippen LogP contribution >= 0.6 is 0 Å². The van der Waals surface area contributed by atoms with Gasteiger partial charge in [-0.15, -0.1) is 0 Å². The van der Waals surface area contributed by atoms with Gasteiger partial charge in [0.05, 0.1) is 0 Å². The maximum absolute atomic E-state index is 3.80. The zero-order chi connectivity index (χ0) is 12.9. The summed E-state index contributed by atoms with van der Waals surface area (Å²) in [5.41, 5.74) is 4.11. The van der Waals surface area contributed by atoms with Gasteiger partial charge in [-0.3, -0.25) is 0 Å². The molecule has 1 heteroatoms. The fourth-order valence-electron chi connectivity index (χ4n) is 2.09. The summed E-state index contributed by atoms with van der Waals surface area (Å²) in [6, 6.07) is 0. The van der Waals surface area contributed by atoms with Crippen LogP contribution in [0, 0.1) is 5.41 Å². The van der Waals surface area contributed by atoms with E-state index in [1.54, 1.807) is 0 Å². The van der Waals surface area contributed by atoms with Crippen molar-refractivity contribution in [3.05, 3.63) is 35.6 Å². The molecule has 0 saturated heterocycles. The molecule has 0 atom stereocenters. The highest BCUT2D eigenvalue weighted by Crippen LogP contribution is 2.30. The zero-order valence-corrected chi connectivity index (χ0v) is 12.0. The van der Waals surface area contributed by atoms with Crippen LogP contribution in [0.4, 0.5) is 0 Å². The molecule has 0 aromatic rings. The second-order valence-corrected chi connectivity index (χ2v) is 5.39. The lowest BCUT2D eigenvalue weighted by molar-refractivity contribution is 0.317. The third-order valence-electron chi connectivity index (χ3n) is 2.71. The Bertz CT molecular complexity index is 300. The molecule has 16 heavy (non-hydrogen) atoms. The van der Waals surface area contributed by atoms with Gasteiger partial charge in [-0.1, -0.05) is 45.1 Å². The number of hydrogen-bond acceptors (Lipinski definition) is 1. The second-order valence-electron chi connectivity index (χ2n) is 5.39. The van der Waals surface area contributed by atoms with Crippen LogP contribution in [-0.4, -0.2) is 18.5 Å². The molecule has 0 N–H and O–H groups in total. The maximum Gasteiger partial charge on any atom is 0.0214 e. The van der Waals surface area contributed by atoms with E-state index in [-0.39, 0.29) is 5.41 Å². The molecule has 0 unspecified atom stereocenters. The Morgan fingerprint density at radius 2 is 1.75 bits per heavy atom. The van der Waals surface area contributed by atoms with Crippen molar-refractivity contribution in [3.8, 4) is 0 Å². The number of rotatable bonds is 4. The highest BCUT2D eigenvalue weighted by Gasteiger charge is 2.21. The molecule has 0 amide bonds. The number of hydrogen-bond donors (Lipinski definition) is 0. The van der Waals surface area contributed by atoms with Gasteiger partial charge in [0.15, 0.2) is 0 Å². The predicted octanol–water partition coefficient (Wildman–Crippen LogP) is 4.39. The molecular weight excluding hydrogens is 194 g/mol. The number of allylic oxidation sites excluding steroid dienone is 5. The van der Waals surface area contributed by atoms with Crippen molar-refractivity contribution >= 4 is 0 Å². The monoisotopic (exact) mass is 221 g/mol. The molecule has 0 rings (SSSR count).